The number of hydrogen-bond acceptors (Lipinski definition) is 9. The van der Waals surface area contributed by atoms with Crippen molar-refractivity contribution >= 4 is 39.5 Å². The molecular weight excluding hydrogens is 593 g/mol. The van der Waals surface area contributed by atoms with Crippen molar-refractivity contribution in [2.75, 3.05) is 45.8 Å². The third kappa shape index (κ3) is 26.0. The number of carbonyl (C=O) groups is 3. The zero-order chi connectivity index (χ0) is 34.1. The summed E-state index contributed by atoms with van der Waals surface area (Å²) in [6.45, 7) is 24.0. The van der Waals surface area contributed by atoms with Gasteiger partial charge in [0, 0.05) is 38.7 Å². The van der Waals surface area contributed by atoms with Crippen LogP contribution in [0, 0.1) is 21.7 Å². The van der Waals surface area contributed by atoms with E-state index in [1.54, 1.807) is 7.11 Å². The summed E-state index contributed by atoms with van der Waals surface area (Å²) in [5, 5.41) is 14.7. The molecule has 1 aliphatic heterocycles. The lowest BCUT2D eigenvalue weighted by molar-refractivity contribution is -0.133. The van der Waals surface area contributed by atoms with Gasteiger partial charge in [-0.3, -0.25) is 14.4 Å². The highest BCUT2D eigenvalue weighted by Gasteiger charge is 2.33. The topological polar surface area (TPSA) is 147 Å². The van der Waals surface area contributed by atoms with Gasteiger partial charge in [-0.25, -0.2) is 0 Å². The maximum absolute atomic E-state index is 12.6. The van der Waals surface area contributed by atoms with Gasteiger partial charge in [-0.05, 0) is 35.5 Å². The molecule has 3 atom stereocenters. The number of hydrogen-bond donors (Lipinski definition) is 5. The Balaban J connectivity index is 0. The van der Waals surface area contributed by atoms with E-state index in [0.29, 0.717) is 42.6 Å². The van der Waals surface area contributed by atoms with Crippen LogP contribution >= 0.6 is 21.2 Å². The van der Waals surface area contributed by atoms with Crippen LogP contribution < -0.4 is 10.6 Å². The minimum absolute atomic E-state index is 0.0268. The van der Waals surface area contributed by atoms with Gasteiger partial charge in [0.2, 0.25) is 18.2 Å². The van der Waals surface area contributed by atoms with E-state index in [9.17, 15) is 24.4 Å². The van der Waals surface area contributed by atoms with Crippen molar-refractivity contribution in [3.8, 4) is 0 Å². The molecule has 0 aromatic rings. The second-order valence-electron chi connectivity index (χ2n) is 15.1. The van der Waals surface area contributed by atoms with Gasteiger partial charge >= 0.3 is 8.60 Å². The number of β-amino-alcohol motifs (C(OH)–C–C–N with tert-alkyl or cyclic N) is 1. The lowest BCUT2D eigenvalue weighted by Gasteiger charge is -2.31. The fourth-order valence-electron chi connectivity index (χ4n) is 5.10. The molecule has 0 bridgehead atoms. The molecule has 1 aliphatic rings. The van der Waals surface area contributed by atoms with Gasteiger partial charge in [-0.15, -0.1) is 0 Å². The summed E-state index contributed by atoms with van der Waals surface area (Å²) >= 11 is 3.70. The average molecular weight is 656 g/mol. The number of amides is 3. The van der Waals surface area contributed by atoms with E-state index in [1.807, 2.05) is 13.8 Å². The van der Waals surface area contributed by atoms with Crippen molar-refractivity contribution in [1.82, 2.24) is 15.5 Å². The second kappa shape index (κ2) is 20.9. The monoisotopic (exact) mass is 655 g/mol. The van der Waals surface area contributed by atoms with Crippen LogP contribution in [0.15, 0.2) is 0 Å². The number of nitrogens with one attached hydrogen (secondary N) is 2. The Morgan fingerprint density at radius 3 is 1.88 bits per heavy atom. The minimum atomic E-state index is -2.39. The second-order valence-corrected chi connectivity index (χ2v) is 16.3. The number of carbonyl (C=O) groups excluding carboxylic acids is 3. The fourth-order valence-corrected chi connectivity index (χ4v) is 5.78. The summed E-state index contributed by atoms with van der Waals surface area (Å²) in [6.07, 6.45) is 1.70. The van der Waals surface area contributed by atoms with E-state index in [0.717, 1.165) is 0 Å². The molecule has 0 aromatic carbocycles. The van der Waals surface area contributed by atoms with E-state index in [-0.39, 0.29) is 43.5 Å². The number of thiol groups is 1. The third-order valence-electron chi connectivity index (χ3n) is 5.75. The Kier molecular flexibility index (Phi) is 21.5. The zero-order valence-corrected chi connectivity index (χ0v) is 30.6. The first-order valence-corrected chi connectivity index (χ1v) is 16.5. The van der Waals surface area contributed by atoms with Gasteiger partial charge in [-0.2, -0.15) is 12.6 Å². The Morgan fingerprint density at radius 1 is 1.00 bits per heavy atom. The molecule has 0 aromatic heterocycles. The van der Waals surface area contributed by atoms with E-state index in [4.69, 9.17) is 9.05 Å². The molecule has 3 unspecified atom stereocenters. The molecule has 4 N–H and O–H groups in total. The number of likely N-dealkylation sites (tertiary alicyclic amines) is 1. The predicted molar refractivity (Wildman–Crippen MR) is 176 cm³/mol. The maximum Gasteiger partial charge on any atom is 0.330 e. The third-order valence-corrected chi connectivity index (χ3v) is 6.84. The summed E-state index contributed by atoms with van der Waals surface area (Å²) in [5.41, 5.74) is 0.339. The Morgan fingerprint density at radius 2 is 1.51 bits per heavy atom. The van der Waals surface area contributed by atoms with Crippen molar-refractivity contribution in [3.05, 3.63) is 0 Å². The van der Waals surface area contributed by atoms with Crippen molar-refractivity contribution in [3.63, 3.8) is 0 Å². The Bertz CT molecular complexity index is 784. The quantitative estimate of drug-likeness (QED) is 0.0843. The predicted octanol–water partition coefficient (Wildman–Crippen LogP) is 4.51. The molecule has 0 radical (unpaired) electrons. The Labute approximate surface area is 268 Å². The molecule has 0 saturated carbocycles. The van der Waals surface area contributed by atoms with Crippen LogP contribution in [0.1, 0.15) is 95.4 Å². The first-order valence-electron chi connectivity index (χ1n) is 14.8. The van der Waals surface area contributed by atoms with E-state index >= 15 is 0 Å². The number of aliphatic hydroxyl groups is 1. The fraction of sp³-hybridized carbons (Fsp3) is 0.900. The van der Waals surface area contributed by atoms with E-state index in [1.165, 1.54) is 11.3 Å². The van der Waals surface area contributed by atoms with Gasteiger partial charge in [0.1, 0.15) is 12.7 Å². The lowest BCUT2D eigenvalue weighted by Crippen LogP contribution is -2.44. The smallest absolute Gasteiger partial charge is 0.330 e. The zero-order valence-electron chi connectivity index (χ0n) is 28.8. The van der Waals surface area contributed by atoms with Crippen LogP contribution in [-0.4, -0.2) is 91.2 Å². The van der Waals surface area contributed by atoms with Gasteiger partial charge in [0.25, 0.3) is 0 Å². The minimum Gasteiger partial charge on any atom is -0.391 e. The first kappa shape index (κ1) is 44.1. The van der Waals surface area contributed by atoms with Gasteiger partial charge < -0.3 is 39.3 Å². The number of ether oxygens (including phenoxy) is 1. The van der Waals surface area contributed by atoms with Crippen molar-refractivity contribution in [1.29, 1.82) is 0 Å². The molecule has 11 nitrogen and oxygen atoms in total. The van der Waals surface area contributed by atoms with Crippen LogP contribution in [0.5, 0.6) is 0 Å². The molecule has 3 amide bonds. The first-order chi connectivity index (χ1) is 19.5. The Hall–Kier alpha value is -1.01. The summed E-state index contributed by atoms with van der Waals surface area (Å²) in [6, 6.07) is 0. The van der Waals surface area contributed by atoms with Crippen LogP contribution in [0.2, 0.25) is 0 Å². The van der Waals surface area contributed by atoms with Gasteiger partial charge in [-0.1, -0.05) is 76.2 Å². The maximum atomic E-state index is 12.6. The van der Waals surface area contributed by atoms with Gasteiger partial charge in [0.15, 0.2) is 0 Å². The van der Waals surface area contributed by atoms with Crippen molar-refractivity contribution in [2.45, 2.75) is 108 Å². The van der Waals surface area contributed by atoms with Crippen LogP contribution in [0.25, 0.3) is 0 Å². The highest BCUT2D eigenvalue weighted by atomic mass is 32.1. The molecular formula is C30H62N3O8PS. The van der Waals surface area contributed by atoms with Gasteiger partial charge in [0.05, 0.1) is 12.0 Å². The number of aliphatic hydroxyl groups excluding tert-OH is 1. The van der Waals surface area contributed by atoms with Crippen molar-refractivity contribution in [2.24, 2.45) is 21.7 Å². The average Bonchev–Trinajstić information content (AvgIpc) is 3.27. The molecule has 1 heterocycles. The van der Waals surface area contributed by atoms with E-state index in [2.05, 4.69) is 90.3 Å². The SMILES string of the molecule is CC(C)(C)CC(C)(C)C.CC(C)(C)CC(C)(C)C(=O)NCC(CNC=O)OP(O)OCC(=O)N1CCC(O)C1.COCS. The summed E-state index contributed by atoms with van der Waals surface area (Å²) in [5.74, 6) is -0.000387. The summed E-state index contributed by atoms with van der Waals surface area (Å²) in [4.78, 5) is 46.7. The molecule has 256 valence electrons. The highest BCUT2D eigenvalue weighted by Crippen LogP contribution is 2.35. The van der Waals surface area contributed by atoms with Crippen molar-refractivity contribution < 1.29 is 38.2 Å². The molecule has 0 spiro atoms. The lowest BCUT2D eigenvalue weighted by atomic mass is 9.76. The van der Waals surface area contributed by atoms with Crippen LogP contribution in [0.3, 0.4) is 0 Å². The molecule has 0 aliphatic carbocycles. The molecule has 1 rings (SSSR count). The number of nitrogens with zero attached hydrogens (tertiary/aromatic N) is 1. The number of methoxy groups -OCH3 is 1. The normalized spacial score (nSPS) is 17.1. The molecule has 13 heteroatoms. The summed E-state index contributed by atoms with van der Waals surface area (Å²) < 4.78 is 14.9. The molecule has 43 heavy (non-hydrogen) atoms. The summed E-state index contributed by atoms with van der Waals surface area (Å²) in [7, 11) is -0.789. The highest BCUT2D eigenvalue weighted by molar-refractivity contribution is 7.80. The van der Waals surface area contributed by atoms with Crippen LogP contribution in [-0.2, 0) is 28.2 Å². The number of rotatable bonds is 13. The molecule has 1 fully saturated rings. The largest absolute Gasteiger partial charge is 0.391 e. The van der Waals surface area contributed by atoms with E-state index < -0.39 is 26.2 Å². The van der Waals surface area contributed by atoms with Crippen LogP contribution in [0.4, 0.5) is 0 Å². The standard InChI is InChI=1S/C19H36N3O7P.C9H20.C2H6OS/c1-18(2,3)12-19(4,5)17(26)21-9-15(8-20-13-23)29-30(27)28-11-16(25)22-7-6-14(24)10-22;1-8(2,3)7-9(4,5)6;1-3-2-4/h13-15,24,27H,6-12H2,1-5H3,(H,20,23)(H,21,26);7H2,1-6H3;4H,2H2,1H3. The molecule has 1 saturated heterocycles.